The molecule has 0 spiro atoms. The molecule has 2 saturated heterocycles. The number of thioether (sulfide) groups is 1. The molecular weight excluding hydrogens is 374 g/mol. The van der Waals surface area contributed by atoms with E-state index in [4.69, 9.17) is 4.52 Å². The summed E-state index contributed by atoms with van der Waals surface area (Å²) in [6.45, 7) is 5.60. The summed E-state index contributed by atoms with van der Waals surface area (Å²) in [6.07, 6.45) is 3.40. The minimum Gasteiger partial charge on any atom is -0.361 e. The Hall–Kier alpha value is -1.06. The van der Waals surface area contributed by atoms with E-state index in [0.717, 1.165) is 42.9 Å². The number of nitrogens with one attached hydrogen (secondary N) is 1. The van der Waals surface area contributed by atoms with Crippen LogP contribution in [-0.4, -0.2) is 66.8 Å². The Bertz CT molecular complexity index is 722. The summed E-state index contributed by atoms with van der Waals surface area (Å²) >= 11 is 1.49. The first-order chi connectivity index (χ1) is 12.4. The molecule has 0 bridgehead atoms. The lowest BCUT2D eigenvalue weighted by atomic mass is 10.1. The van der Waals surface area contributed by atoms with Gasteiger partial charge in [0.05, 0.1) is 29.0 Å². The van der Waals surface area contributed by atoms with Crippen LogP contribution in [-0.2, 0) is 20.4 Å². The average molecular weight is 402 g/mol. The van der Waals surface area contributed by atoms with Crippen molar-refractivity contribution in [1.82, 2.24) is 15.4 Å². The highest BCUT2D eigenvalue weighted by Gasteiger charge is 2.41. The van der Waals surface area contributed by atoms with Crippen molar-refractivity contribution in [1.29, 1.82) is 0 Å². The number of carbonyl (C=O) groups is 1. The van der Waals surface area contributed by atoms with Gasteiger partial charge in [-0.05, 0) is 39.8 Å². The third-order valence-corrected chi connectivity index (χ3v) is 7.86. The van der Waals surface area contributed by atoms with Gasteiger partial charge in [0.15, 0.2) is 9.84 Å². The molecule has 0 aliphatic carbocycles. The van der Waals surface area contributed by atoms with Gasteiger partial charge >= 0.3 is 0 Å². The normalized spacial score (nSPS) is 26.1. The number of hydrogen-bond donors (Lipinski definition) is 1. The number of likely N-dealkylation sites (tertiary alicyclic amines) is 1. The van der Waals surface area contributed by atoms with Crippen molar-refractivity contribution >= 4 is 27.5 Å². The van der Waals surface area contributed by atoms with Crippen molar-refractivity contribution in [3.8, 4) is 0 Å². The molecule has 1 N–H and O–H groups in total. The van der Waals surface area contributed by atoms with Crippen LogP contribution in [0.4, 0.5) is 0 Å². The molecule has 3 rings (SSSR count). The number of nitrogens with zero attached hydrogens (tertiary/aromatic N) is 2. The number of aryl methyl sites for hydroxylation is 2. The van der Waals surface area contributed by atoms with Gasteiger partial charge in [-0.25, -0.2) is 8.42 Å². The van der Waals surface area contributed by atoms with Gasteiger partial charge in [-0.1, -0.05) is 11.6 Å². The van der Waals surface area contributed by atoms with E-state index in [1.54, 1.807) is 0 Å². The number of carbonyl (C=O) groups excluding carboxylic acids is 1. The van der Waals surface area contributed by atoms with Gasteiger partial charge in [0.2, 0.25) is 5.91 Å². The maximum atomic E-state index is 12.4. The second-order valence-corrected chi connectivity index (χ2v) is 10.3. The minimum atomic E-state index is -3.09. The highest BCUT2D eigenvalue weighted by atomic mass is 32.2. The van der Waals surface area contributed by atoms with Crippen LogP contribution in [0.25, 0.3) is 0 Å². The van der Waals surface area contributed by atoms with Crippen LogP contribution < -0.4 is 5.32 Å². The van der Waals surface area contributed by atoms with E-state index >= 15 is 0 Å². The molecule has 0 saturated carbocycles. The third-order valence-electron chi connectivity index (χ3n) is 5.19. The molecule has 2 aliphatic rings. The fourth-order valence-electron chi connectivity index (χ4n) is 3.78. The largest absolute Gasteiger partial charge is 0.361 e. The molecule has 0 aromatic carbocycles. The number of amides is 1. The fourth-order valence-corrected chi connectivity index (χ4v) is 6.72. The molecule has 2 fully saturated rings. The SMILES string of the molecule is Cc1noc(C)c1CSCC(=O)NC1CS(=O)(=O)CC1N1CCCCC1. The third kappa shape index (κ3) is 4.80. The monoisotopic (exact) mass is 401 g/mol. The summed E-state index contributed by atoms with van der Waals surface area (Å²) in [5.41, 5.74) is 1.87. The molecule has 1 aromatic rings. The maximum absolute atomic E-state index is 12.4. The molecule has 26 heavy (non-hydrogen) atoms. The van der Waals surface area contributed by atoms with E-state index in [1.165, 1.54) is 18.2 Å². The molecule has 3 heterocycles. The van der Waals surface area contributed by atoms with Crippen LogP contribution in [0.1, 0.15) is 36.3 Å². The minimum absolute atomic E-state index is 0.0500. The summed E-state index contributed by atoms with van der Waals surface area (Å²) in [5.74, 6) is 1.84. The van der Waals surface area contributed by atoms with Gasteiger partial charge < -0.3 is 9.84 Å². The van der Waals surface area contributed by atoms with E-state index in [0.29, 0.717) is 11.5 Å². The van der Waals surface area contributed by atoms with Crippen molar-refractivity contribution in [2.24, 2.45) is 0 Å². The summed E-state index contributed by atoms with van der Waals surface area (Å²) in [7, 11) is -3.09. The summed E-state index contributed by atoms with van der Waals surface area (Å²) in [4.78, 5) is 14.6. The lowest BCUT2D eigenvalue weighted by Gasteiger charge is -2.35. The Morgan fingerprint density at radius 3 is 2.65 bits per heavy atom. The standard InChI is InChI=1S/C17H27N3O4S2/c1-12-14(13(2)24-19-12)8-25-9-17(21)18-15-10-26(22,23)11-16(15)20-6-4-3-5-7-20/h15-16H,3-11H2,1-2H3,(H,18,21). The van der Waals surface area contributed by atoms with Gasteiger partial charge in [-0.15, -0.1) is 11.8 Å². The average Bonchev–Trinajstić information content (AvgIpc) is 3.08. The van der Waals surface area contributed by atoms with Crippen LogP contribution in [0, 0.1) is 13.8 Å². The zero-order valence-electron chi connectivity index (χ0n) is 15.4. The molecule has 9 heteroatoms. The molecular formula is C17H27N3O4S2. The molecule has 7 nitrogen and oxygen atoms in total. The topological polar surface area (TPSA) is 92.5 Å². The van der Waals surface area contributed by atoms with E-state index in [-0.39, 0.29) is 29.5 Å². The van der Waals surface area contributed by atoms with E-state index in [1.807, 2.05) is 13.8 Å². The second-order valence-electron chi connectivity index (χ2n) is 7.21. The maximum Gasteiger partial charge on any atom is 0.230 e. The number of sulfone groups is 1. The Labute approximate surface area is 159 Å². The lowest BCUT2D eigenvalue weighted by Crippen LogP contribution is -2.52. The van der Waals surface area contributed by atoms with Crippen LogP contribution >= 0.6 is 11.8 Å². The smallest absolute Gasteiger partial charge is 0.230 e. The fraction of sp³-hybridized carbons (Fsp3) is 0.765. The Morgan fingerprint density at radius 1 is 1.27 bits per heavy atom. The van der Waals surface area contributed by atoms with E-state index < -0.39 is 9.84 Å². The molecule has 0 radical (unpaired) electrons. The number of hydrogen-bond acceptors (Lipinski definition) is 7. The lowest BCUT2D eigenvalue weighted by molar-refractivity contribution is -0.119. The summed E-state index contributed by atoms with van der Waals surface area (Å²) < 4.78 is 29.4. The Balaban J connectivity index is 1.53. The quantitative estimate of drug-likeness (QED) is 0.768. The van der Waals surface area contributed by atoms with Crippen LogP contribution in [0.5, 0.6) is 0 Å². The van der Waals surface area contributed by atoms with E-state index in [2.05, 4.69) is 15.4 Å². The Morgan fingerprint density at radius 2 is 2.00 bits per heavy atom. The molecule has 1 aromatic heterocycles. The molecule has 2 aliphatic heterocycles. The molecule has 2 atom stereocenters. The summed E-state index contributed by atoms with van der Waals surface area (Å²) in [6, 6.07) is -0.387. The number of piperidine rings is 1. The highest BCUT2D eigenvalue weighted by molar-refractivity contribution is 7.99. The highest BCUT2D eigenvalue weighted by Crippen LogP contribution is 2.23. The zero-order valence-corrected chi connectivity index (χ0v) is 17.0. The molecule has 146 valence electrons. The van der Waals surface area contributed by atoms with Gasteiger partial charge in [0, 0.05) is 17.4 Å². The van der Waals surface area contributed by atoms with Crippen molar-refractivity contribution in [3.05, 3.63) is 17.0 Å². The first-order valence-electron chi connectivity index (χ1n) is 9.09. The predicted molar refractivity (Wildman–Crippen MR) is 102 cm³/mol. The van der Waals surface area contributed by atoms with Crippen LogP contribution in [0.3, 0.4) is 0 Å². The van der Waals surface area contributed by atoms with Gasteiger partial charge in [0.25, 0.3) is 0 Å². The molecule has 2 unspecified atom stereocenters. The Kier molecular flexibility index (Phi) is 6.29. The van der Waals surface area contributed by atoms with Crippen LogP contribution in [0.2, 0.25) is 0 Å². The van der Waals surface area contributed by atoms with Crippen molar-refractivity contribution in [2.45, 2.75) is 50.9 Å². The number of rotatable bonds is 6. The number of aromatic nitrogens is 1. The van der Waals surface area contributed by atoms with Gasteiger partial charge in [-0.3, -0.25) is 9.69 Å². The second kappa shape index (κ2) is 8.31. The first-order valence-corrected chi connectivity index (χ1v) is 12.1. The summed E-state index contributed by atoms with van der Waals surface area (Å²) in [5, 5.41) is 6.89. The van der Waals surface area contributed by atoms with Crippen LogP contribution in [0.15, 0.2) is 4.52 Å². The van der Waals surface area contributed by atoms with Gasteiger partial charge in [0.1, 0.15) is 5.76 Å². The van der Waals surface area contributed by atoms with Crippen molar-refractivity contribution in [2.75, 3.05) is 30.3 Å². The van der Waals surface area contributed by atoms with Crippen molar-refractivity contribution in [3.63, 3.8) is 0 Å². The van der Waals surface area contributed by atoms with Crippen molar-refractivity contribution < 1.29 is 17.7 Å². The van der Waals surface area contributed by atoms with Gasteiger partial charge in [-0.2, -0.15) is 0 Å². The first kappa shape index (κ1) is 19.7. The predicted octanol–water partition coefficient (Wildman–Crippen LogP) is 1.29. The zero-order chi connectivity index (χ0) is 18.7. The molecule has 1 amide bonds. The van der Waals surface area contributed by atoms with E-state index in [9.17, 15) is 13.2 Å².